The van der Waals surface area contributed by atoms with Crippen LogP contribution in [0.4, 0.5) is 0 Å². The fourth-order valence-corrected chi connectivity index (χ4v) is 1.80. The van der Waals surface area contributed by atoms with Crippen molar-refractivity contribution in [1.29, 1.82) is 0 Å². The molecule has 2 nitrogen and oxygen atoms in total. The highest BCUT2D eigenvalue weighted by Crippen LogP contribution is 2.25. The second-order valence-corrected chi connectivity index (χ2v) is 3.92. The Kier molecular flexibility index (Phi) is 4.44. The van der Waals surface area contributed by atoms with E-state index in [4.69, 9.17) is 5.11 Å². The Morgan fingerprint density at radius 2 is 2.07 bits per heavy atom. The van der Waals surface area contributed by atoms with Crippen LogP contribution in [0.25, 0.3) is 0 Å². The van der Waals surface area contributed by atoms with Crippen molar-refractivity contribution < 1.29 is 9.90 Å². The predicted octanol–water partition coefficient (Wildman–Crippen LogP) is 3.15. The van der Waals surface area contributed by atoms with Crippen LogP contribution in [0.2, 0.25) is 0 Å². The van der Waals surface area contributed by atoms with E-state index in [9.17, 15) is 4.79 Å². The SMILES string of the molecule is C=C(CCC=CC1CCCC1)C(=O)O. The molecule has 1 saturated carbocycles. The number of hydrogen-bond donors (Lipinski definition) is 1. The van der Waals surface area contributed by atoms with Gasteiger partial charge in [-0.05, 0) is 31.6 Å². The third-order valence-electron chi connectivity index (χ3n) is 2.72. The van der Waals surface area contributed by atoms with Gasteiger partial charge >= 0.3 is 5.97 Å². The number of allylic oxidation sites excluding steroid dienone is 2. The molecule has 78 valence electrons. The van der Waals surface area contributed by atoms with E-state index < -0.39 is 5.97 Å². The second kappa shape index (κ2) is 5.63. The van der Waals surface area contributed by atoms with Crippen molar-refractivity contribution in [2.45, 2.75) is 38.5 Å². The Balaban J connectivity index is 2.13. The summed E-state index contributed by atoms with van der Waals surface area (Å²) in [6.07, 6.45) is 11.0. The topological polar surface area (TPSA) is 37.3 Å². The van der Waals surface area contributed by atoms with Gasteiger partial charge < -0.3 is 5.11 Å². The molecule has 0 aromatic carbocycles. The molecule has 1 N–H and O–H groups in total. The van der Waals surface area contributed by atoms with Crippen LogP contribution in [-0.2, 0) is 4.79 Å². The lowest BCUT2D eigenvalue weighted by Crippen LogP contribution is -1.97. The maximum atomic E-state index is 10.4. The standard InChI is InChI=1S/C12H18O2/c1-10(12(13)14)6-2-3-7-11-8-4-5-9-11/h3,7,11H,1-2,4-6,8-9H2,(H,13,14). The van der Waals surface area contributed by atoms with Gasteiger partial charge in [0.05, 0.1) is 0 Å². The van der Waals surface area contributed by atoms with Gasteiger partial charge in [0.15, 0.2) is 0 Å². The molecule has 0 radical (unpaired) electrons. The molecule has 1 fully saturated rings. The van der Waals surface area contributed by atoms with Crippen molar-refractivity contribution in [2.24, 2.45) is 5.92 Å². The van der Waals surface area contributed by atoms with E-state index in [0.29, 0.717) is 12.0 Å². The third kappa shape index (κ3) is 3.77. The Morgan fingerprint density at radius 1 is 1.43 bits per heavy atom. The first kappa shape index (κ1) is 11.0. The zero-order chi connectivity index (χ0) is 10.4. The summed E-state index contributed by atoms with van der Waals surface area (Å²) in [5.41, 5.74) is 0.307. The molecular formula is C12H18O2. The molecule has 0 amide bonds. The summed E-state index contributed by atoms with van der Waals surface area (Å²) >= 11 is 0. The summed E-state index contributed by atoms with van der Waals surface area (Å²) in [6, 6.07) is 0. The average Bonchev–Trinajstić information content (AvgIpc) is 2.64. The number of carboxylic acid groups (broad SMARTS) is 1. The maximum absolute atomic E-state index is 10.4. The molecule has 0 saturated heterocycles. The zero-order valence-corrected chi connectivity index (χ0v) is 8.54. The van der Waals surface area contributed by atoms with Gasteiger partial charge in [-0.25, -0.2) is 4.79 Å². The van der Waals surface area contributed by atoms with Crippen molar-refractivity contribution >= 4 is 5.97 Å². The van der Waals surface area contributed by atoms with Crippen LogP contribution in [0.15, 0.2) is 24.3 Å². The summed E-state index contributed by atoms with van der Waals surface area (Å²) in [5, 5.41) is 8.57. The van der Waals surface area contributed by atoms with Gasteiger partial charge in [-0.15, -0.1) is 0 Å². The molecule has 0 bridgehead atoms. The Morgan fingerprint density at radius 3 is 2.64 bits per heavy atom. The third-order valence-corrected chi connectivity index (χ3v) is 2.72. The maximum Gasteiger partial charge on any atom is 0.330 e. The fourth-order valence-electron chi connectivity index (χ4n) is 1.80. The monoisotopic (exact) mass is 194 g/mol. The summed E-state index contributed by atoms with van der Waals surface area (Å²) < 4.78 is 0. The van der Waals surface area contributed by atoms with Crippen LogP contribution in [0.1, 0.15) is 38.5 Å². The van der Waals surface area contributed by atoms with Crippen molar-refractivity contribution in [3.63, 3.8) is 0 Å². The largest absolute Gasteiger partial charge is 0.478 e. The summed E-state index contributed by atoms with van der Waals surface area (Å²) in [5.74, 6) is -0.132. The Bertz CT molecular complexity index is 235. The van der Waals surface area contributed by atoms with E-state index in [1.807, 2.05) is 0 Å². The van der Waals surface area contributed by atoms with Crippen LogP contribution in [0.3, 0.4) is 0 Å². The number of carboxylic acids is 1. The van der Waals surface area contributed by atoms with Gasteiger partial charge in [-0.3, -0.25) is 0 Å². The van der Waals surface area contributed by atoms with Gasteiger partial charge in [0, 0.05) is 5.57 Å². The van der Waals surface area contributed by atoms with E-state index >= 15 is 0 Å². The molecule has 1 aliphatic rings. The number of aliphatic carboxylic acids is 1. The lowest BCUT2D eigenvalue weighted by Gasteiger charge is -2.00. The fraction of sp³-hybridized carbons (Fsp3) is 0.583. The second-order valence-electron chi connectivity index (χ2n) is 3.92. The predicted molar refractivity (Wildman–Crippen MR) is 57.1 cm³/mol. The van der Waals surface area contributed by atoms with Crippen LogP contribution in [0, 0.1) is 5.92 Å². The minimum atomic E-state index is -0.876. The highest BCUT2D eigenvalue weighted by molar-refractivity contribution is 5.85. The van der Waals surface area contributed by atoms with Gasteiger partial charge in [0.25, 0.3) is 0 Å². The molecule has 0 aromatic rings. The highest BCUT2D eigenvalue weighted by Gasteiger charge is 2.10. The quantitative estimate of drug-likeness (QED) is 0.539. The molecule has 1 aliphatic carbocycles. The van der Waals surface area contributed by atoms with Crippen LogP contribution in [-0.4, -0.2) is 11.1 Å². The van der Waals surface area contributed by atoms with Crippen molar-refractivity contribution in [2.75, 3.05) is 0 Å². The first-order valence-electron chi connectivity index (χ1n) is 5.28. The van der Waals surface area contributed by atoms with Gasteiger partial charge in [-0.2, -0.15) is 0 Å². The minimum Gasteiger partial charge on any atom is -0.478 e. The molecule has 0 aromatic heterocycles. The van der Waals surface area contributed by atoms with E-state index in [2.05, 4.69) is 18.7 Å². The first-order valence-corrected chi connectivity index (χ1v) is 5.28. The Labute approximate surface area is 85.3 Å². The average molecular weight is 194 g/mol. The molecule has 0 unspecified atom stereocenters. The zero-order valence-electron chi connectivity index (χ0n) is 8.54. The minimum absolute atomic E-state index is 0.307. The Hall–Kier alpha value is -1.05. The van der Waals surface area contributed by atoms with E-state index in [0.717, 1.165) is 12.3 Å². The molecule has 2 heteroatoms. The van der Waals surface area contributed by atoms with Gasteiger partial charge in [0.1, 0.15) is 0 Å². The molecule has 0 aliphatic heterocycles. The molecule has 0 atom stereocenters. The van der Waals surface area contributed by atoms with Gasteiger partial charge in [-0.1, -0.05) is 31.6 Å². The van der Waals surface area contributed by atoms with Crippen LogP contribution >= 0.6 is 0 Å². The molecule has 14 heavy (non-hydrogen) atoms. The van der Waals surface area contributed by atoms with Gasteiger partial charge in [0.2, 0.25) is 0 Å². The lowest BCUT2D eigenvalue weighted by molar-refractivity contribution is -0.132. The van der Waals surface area contributed by atoms with Crippen LogP contribution in [0.5, 0.6) is 0 Å². The summed E-state index contributed by atoms with van der Waals surface area (Å²) in [7, 11) is 0. The smallest absolute Gasteiger partial charge is 0.330 e. The van der Waals surface area contributed by atoms with E-state index in [1.54, 1.807) is 0 Å². The van der Waals surface area contributed by atoms with E-state index in [-0.39, 0.29) is 0 Å². The molecule has 1 rings (SSSR count). The molecular weight excluding hydrogens is 176 g/mol. The summed E-state index contributed by atoms with van der Waals surface area (Å²) in [6.45, 7) is 3.49. The number of carbonyl (C=O) groups is 1. The van der Waals surface area contributed by atoms with Crippen molar-refractivity contribution in [3.05, 3.63) is 24.3 Å². The summed E-state index contributed by atoms with van der Waals surface area (Å²) in [4.78, 5) is 10.4. The lowest BCUT2D eigenvalue weighted by atomic mass is 10.1. The normalized spacial score (nSPS) is 17.7. The van der Waals surface area contributed by atoms with Crippen molar-refractivity contribution in [3.8, 4) is 0 Å². The first-order chi connectivity index (χ1) is 6.70. The highest BCUT2D eigenvalue weighted by atomic mass is 16.4. The van der Waals surface area contributed by atoms with Crippen LogP contribution < -0.4 is 0 Å². The number of hydrogen-bond acceptors (Lipinski definition) is 1. The number of rotatable bonds is 5. The van der Waals surface area contributed by atoms with Crippen molar-refractivity contribution in [1.82, 2.24) is 0 Å². The molecule has 0 spiro atoms. The van der Waals surface area contributed by atoms with E-state index in [1.165, 1.54) is 25.7 Å². The molecule has 0 heterocycles.